The van der Waals surface area contributed by atoms with E-state index in [9.17, 15) is 14.0 Å². The lowest BCUT2D eigenvalue weighted by atomic mass is 10.0. The summed E-state index contributed by atoms with van der Waals surface area (Å²) < 4.78 is 13.9. The van der Waals surface area contributed by atoms with Crippen molar-refractivity contribution in [1.29, 1.82) is 0 Å². The van der Waals surface area contributed by atoms with Crippen LogP contribution in [0.5, 0.6) is 0 Å². The molecule has 3 rings (SSSR count). The van der Waals surface area contributed by atoms with Crippen LogP contribution in [0.3, 0.4) is 0 Å². The molecular weight excluding hydrogens is 381 g/mol. The van der Waals surface area contributed by atoms with Crippen LogP contribution < -0.4 is 5.32 Å². The minimum absolute atomic E-state index is 0.0286. The van der Waals surface area contributed by atoms with E-state index in [0.29, 0.717) is 13.0 Å². The van der Waals surface area contributed by atoms with Crippen LogP contribution in [0.15, 0.2) is 48.5 Å². The summed E-state index contributed by atoms with van der Waals surface area (Å²) in [7, 11) is 0. The summed E-state index contributed by atoms with van der Waals surface area (Å²) in [6.45, 7) is 6.13. The first-order valence-electron chi connectivity index (χ1n) is 10.3. The van der Waals surface area contributed by atoms with E-state index in [1.54, 1.807) is 11.0 Å². The topological polar surface area (TPSA) is 65.2 Å². The fraction of sp³-hybridized carbons (Fsp3) is 0.333. The van der Waals surface area contributed by atoms with E-state index in [0.717, 1.165) is 27.7 Å². The minimum atomic E-state index is -0.311. The Labute approximate surface area is 176 Å². The summed E-state index contributed by atoms with van der Waals surface area (Å²) in [5.74, 6) is -0.574. The molecule has 0 saturated carbocycles. The number of hydrogen-bond donors (Lipinski definition) is 2. The largest absolute Gasteiger partial charge is 0.354 e. The standard InChI is InChI=1S/C24H28FN3O2/c1-4-28(15-22(29)26-16(2)3)23(30)13-11-19-20-14-18(25)10-12-21(20)27-24(19)17-8-6-5-7-9-17/h5-10,12,14,16,27H,4,11,13,15H2,1-3H3,(H,26,29). The third kappa shape index (κ3) is 5.06. The summed E-state index contributed by atoms with van der Waals surface area (Å²) in [6, 6.07) is 14.5. The number of likely N-dealkylation sites (N-methyl/N-ethyl adjacent to an activating group) is 1. The van der Waals surface area contributed by atoms with E-state index in [4.69, 9.17) is 0 Å². The predicted octanol–water partition coefficient (Wildman–Crippen LogP) is 4.28. The van der Waals surface area contributed by atoms with Gasteiger partial charge in [0.1, 0.15) is 5.82 Å². The molecular formula is C24H28FN3O2. The van der Waals surface area contributed by atoms with Gasteiger partial charge in [0.2, 0.25) is 11.8 Å². The van der Waals surface area contributed by atoms with Gasteiger partial charge in [-0.2, -0.15) is 0 Å². The second kappa shape index (κ2) is 9.57. The summed E-state index contributed by atoms with van der Waals surface area (Å²) in [4.78, 5) is 29.8. The molecule has 0 radical (unpaired) electrons. The van der Waals surface area contributed by atoms with Crippen LogP contribution in [0.2, 0.25) is 0 Å². The van der Waals surface area contributed by atoms with E-state index in [-0.39, 0.29) is 36.6 Å². The molecule has 0 atom stereocenters. The number of aryl methyl sites for hydroxylation is 1. The number of fused-ring (bicyclic) bond motifs is 1. The molecule has 3 aromatic rings. The van der Waals surface area contributed by atoms with Gasteiger partial charge in [-0.1, -0.05) is 30.3 Å². The number of hydrogen-bond acceptors (Lipinski definition) is 2. The molecule has 2 amide bonds. The number of aromatic amines is 1. The molecule has 0 spiro atoms. The first kappa shape index (κ1) is 21.6. The number of carbonyl (C=O) groups is 2. The Morgan fingerprint density at radius 2 is 1.87 bits per heavy atom. The van der Waals surface area contributed by atoms with Gasteiger partial charge in [0.05, 0.1) is 6.54 Å². The quantitative estimate of drug-likeness (QED) is 0.583. The Kier molecular flexibility index (Phi) is 6.87. The molecule has 1 heterocycles. The highest BCUT2D eigenvalue weighted by Gasteiger charge is 2.19. The molecule has 0 saturated heterocycles. The van der Waals surface area contributed by atoms with Crippen molar-refractivity contribution in [3.05, 3.63) is 59.9 Å². The van der Waals surface area contributed by atoms with Crippen LogP contribution in [0.25, 0.3) is 22.2 Å². The van der Waals surface area contributed by atoms with E-state index >= 15 is 0 Å². The average molecular weight is 410 g/mol. The third-order valence-corrected chi connectivity index (χ3v) is 5.04. The molecule has 0 unspecified atom stereocenters. The number of nitrogens with zero attached hydrogens (tertiary/aromatic N) is 1. The molecule has 0 fully saturated rings. The molecule has 6 heteroatoms. The first-order valence-corrected chi connectivity index (χ1v) is 10.3. The summed E-state index contributed by atoms with van der Waals surface area (Å²) in [6.07, 6.45) is 0.695. The number of aromatic nitrogens is 1. The Balaban J connectivity index is 1.83. The number of benzene rings is 2. The fourth-order valence-electron chi connectivity index (χ4n) is 3.64. The lowest BCUT2D eigenvalue weighted by Gasteiger charge is -2.21. The van der Waals surface area contributed by atoms with Crippen molar-refractivity contribution in [2.24, 2.45) is 0 Å². The second-order valence-corrected chi connectivity index (χ2v) is 7.66. The van der Waals surface area contributed by atoms with Gasteiger partial charge in [-0.15, -0.1) is 0 Å². The first-order chi connectivity index (χ1) is 14.4. The van der Waals surface area contributed by atoms with Gasteiger partial charge in [-0.25, -0.2) is 4.39 Å². The van der Waals surface area contributed by atoms with Crippen LogP contribution in [-0.2, 0) is 16.0 Å². The zero-order chi connectivity index (χ0) is 21.7. The normalized spacial score (nSPS) is 11.1. The monoisotopic (exact) mass is 409 g/mol. The zero-order valence-electron chi connectivity index (χ0n) is 17.7. The van der Waals surface area contributed by atoms with Crippen LogP contribution >= 0.6 is 0 Å². The Morgan fingerprint density at radius 3 is 2.53 bits per heavy atom. The zero-order valence-corrected chi connectivity index (χ0v) is 17.7. The highest BCUT2D eigenvalue weighted by molar-refractivity contribution is 5.92. The SMILES string of the molecule is CCN(CC(=O)NC(C)C)C(=O)CCc1c(-c2ccccc2)[nH]c2ccc(F)cc12. The van der Waals surface area contributed by atoms with Crippen molar-refractivity contribution >= 4 is 22.7 Å². The predicted molar refractivity (Wildman–Crippen MR) is 118 cm³/mol. The lowest BCUT2D eigenvalue weighted by Crippen LogP contribution is -2.42. The molecule has 2 aromatic carbocycles. The van der Waals surface area contributed by atoms with Gasteiger partial charge < -0.3 is 15.2 Å². The smallest absolute Gasteiger partial charge is 0.239 e. The Morgan fingerprint density at radius 1 is 1.13 bits per heavy atom. The van der Waals surface area contributed by atoms with E-state index < -0.39 is 0 Å². The van der Waals surface area contributed by atoms with Crippen LogP contribution in [0.1, 0.15) is 32.8 Å². The van der Waals surface area contributed by atoms with Crippen LogP contribution in [-0.4, -0.2) is 40.8 Å². The van der Waals surface area contributed by atoms with E-state index in [2.05, 4.69) is 10.3 Å². The third-order valence-electron chi connectivity index (χ3n) is 5.04. The highest BCUT2D eigenvalue weighted by Crippen LogP contribution is 2.32. The summed E-state index contributed by atoms with van der Waals surface area (Å²) >= 11 is 0. The van der Waals surface area contributed by atoms with Crippen molar-refractivity contribution < 1.29 is 14.0 Å². The van der Waals surface area contributed by atoms with E-state index in [1.807, 2.05) is 51.1 Å². The van der Waals surface area contributed by atoms with Gasteiger partial charge in [-0.05, 0) is 56.5 Å². The van der Waals surface area contributed by atoms with Crippen molar-refractivity contribution in [2.75, 3.05) is 13.1 Å². The number of halogens is 1. The maximum absolute atomic E-state index is 13.9. The Hall–Kier alpha value is -3.15. The van der Waals surface area contributed by atoms with Gasteiger partial charge in [0.25, 0.3) is 0 Å². The highest BCUT2D eigenvalue weighted by atomic mass is 19.1. The van der Waals surface area contributed by atoms with Gasteiger partial charge in [0.15, 0.2) is 0 Å². The van der Waals surface area contributed by atoms with Crippen molar-refractivity contribution in [3.63, 3.8) is 0 Å². The molecule has 0 aliphatic heterocycles. The molecule has 2 N–H and O–H groups in total. The van der Waals surface area contributed by atoms with Crippen molar-refractivity contribution in [1.82, 2.24) is 15.2 Å². The minimum Gasteiger partial charge on any atom is -0.354 e. The molecule has 5 nitrogen and oxygen atoms in total. The molecule has 1 aromatic heterocycles. The number of H-pyrrole nitrogens is 1. The molecule has 30 heavy (non-hydrogen) atoms. The van der Waals surface area contributed by atoms with Crippen molar-refractivity contribution in [2.45, 2.75) is 39.7 Å². The average Bonchev–Trinajstić information content (AvgIpc) is 3.08. The summed E-state index contributed by atoms with van der Waals surface area (Å²) in [5.41, 5.74) is 3.62. The summed E-state index contributed by atoms with van der Waals surface area (Å²) in [5, 5.41) is 3.59. The fourth-order valence-corrected chi connectivity index (χ4v) is 3.64. The molecule has 158 valence electrons. The van der Waals surface area contributed by atoms with Crippen molar-refractivity contribution in [3.8, 4) is 11.3 Å². The van der Waals surface area contributed by atoms with Gasteiger partial charge in [0, 0.05) is 35.6 Å². The van der Waals surface area contributed by atoms with E-state index in [1.165, 1.54) is 12.1 Å². The molecule has 0 bridgehead atoms. The number of amides is 2. The van der Waals surface area contributed by atoms with Crippen LogP contribution in [0, 0.1) is 5.82 Å². The maximum atomic E-state index is 13.9. The molecule has 0 aliphatic rings. The lowest BCUT2D eigenvalue weighted by molar-refractivity contribution is -0.136. The maximum Gasteiger partial charge on any atom is 0.239 e. The number of carbonyl (C=O) groups excluding carboxylic acids is 2. The van der Waals surface area contributed by atoms with Gasteiger partial charge >= 0.3 is 0 Å². The number of rotatable bonds is 8. The Bertz CT molecular complexity index is 1030. The number of nitrogens with one attached hydrogen (secondary N) is 2. The second-order valence-electron chi connectivity index (χ2n) is 7.66. The van der Waals surface area contributed by atoms with Crippen LogP contribution in [0.4, 0.5) is 4.39 Å². The molecule has 0 aliphatic carbocycles. The van der Waals surface area contributed by atoms with Gasteiger partial charge in [-0.3, -0.25) is 9.59 Å².